The Balaban J connectivity index is 1.58. The number of nitrogens with zero attached hydrogens (tertiary/aromatic N) is 2. The number of H-pyrrole nitrogens is 1. The van der Waals surface area contributed by atoms with Gasteiger partial charge in [0.05, 0.1) is 5.39 Å². The van der Waals surface area contributed by atoms with Gasteiger partial charge in [0.1, 0.15) is 23.0 Å². The van der Waals surface area contributed by atoms with Gasteiger partial charge in [0.25, 0.3) is 5.56 Å². The lowest BCUT2D eigenvalue weighted by atomic mass is 10.2. The number of rotatable bonds is 3. The molecule has 116 valence electrons. The van der Waals surface area contributed by atoms with E-state index in [2.05, 4.69) is 15.0 Å². The fraction of sp³-hybridized carbons (Fsp3) is 0.250. The number of thiophene rings is 1. The van der Waals surface area contributed by atoms with Gasteiger partial charge in [-0.25, -0.2) is 14.8 Å². The third kappa shape index (κ3) is 2.53. The lowest BCUT2D eigenvalue weighted by Crippen LogP contribution is -2.14. The number of aromatic amines is 1. The smallest absolute Gasteiger partial charge is 0.357 e. The van der Waals surface area contributed by atoms with Crippen LogP contribution in [0, 0.1) is 0 Å². The highest BCUT2D eigenvalue weighted by Gasteiger charge is 2.21. The zero-order valence-corrected chi connectivity index (χ0v) is 13.0. The summed E-state index contributed by atoms with van der Waals surface area (Å²) in [6.45, 7) is -0.0802. The maximum atomic E-state index is 12.3. The zero-order valence-electron chi connectivity index (χ0n) is 12.2. The molecule has 1 aliphatic carbocycles. The first-order valence-corrected chi connectivity index (χ1v) is 8.15. The summed E-state index contributed by atoms with van der Waals surface area (Å²) in [4.78, 5) is 37.2. The second-order valence-corrected chi connectivity index (χ2v) is 6.42. The monoisotopic (exact) mass is 327 g/mol. The zero-order chi connectivity index (χ0) is 15.8. The van der Waals surface area contributed by atoms with Crippen molar-refractivity contribution in [1.82, 2.24) is 15.0 Å². The van der Waals surface area contributed by atoms with Crippen molar-refractivity contribution in [2.75, 3.05) is 0 Å². The van der Waals surface area contributed by atoms with Crippen molar-refractivity contribution >= 4 is 27.5 Å². The molecule has 0 saturated carbocycles. The van der Waals surface area contributed by atoms with Gasteiger partial charge in [0, 0.05) is 11.1 Å². The van der Waals surface area contributed by atoms with Crippen molar-refractivity contribution in [3.8, 4) is 0 Å². The first-order valence-electron chi connectivity index (χ1n) is 7.34. The molecule has 7 heteroatoms. The predicted molar refractivity (Wildman–Crippen MR) is 85.6 cm³/mol. The summed E-state index contributed by atoms with van der Waals surface area (Å²) in [5, 5.41) is 0.697. The summed E-state index contributed by atoms with van der Waals surface area (Å²) in [5.74, 6) is -0.186. The number of pyridine rings is 1. The molecule has 3 aromatic heterocycles. The molecule has 0 saturated heterocycles. The molecule has 0 radical (unpaired) electrons. The summed E-state index contributed by atoms with van der Waals surface area (Å²) < 4.78 is 5.17. The predicted octanol–water partition coefficient (Wildman–Crippen LogP) is 2.23. The number of hydrogen-bond donors (Lipinski definition) is 1. The van der Waals surface area contributed by atoms with E-state index in [9.17, 15) is 9.59 Å². The third-order valence-electron chi connectivity index (χ3n) is 3.84. The van der Waals surface area contributed by atoms with Crippen molar-refractivity contribution in [1.29, 1.82) is 0 Å². The van der Waals surface area contributed by atoms with Gasteiger partial charge < -0.3 is 9.72 Å². The lowest BCUT2D eigenvalue weighted by Gasteiger charge is -2.04. The number of aryl methyl sites for hydroxylation is 2. The number of carbonyl (C=O) groups is 1. The van der Waals surface area contributed by atoms with Gasteiger partial charge in [-0.3, -0.25) is 4.79 Å². The molecule has 3 heterocycles. The fourth-order valence-corrected chi connectivity index (χ4v) is 4.09. The van der Waals surface area contributed by atoms with Crippen molar-refractivity contribution in [2.45, 2.75) is 25.9 Å². The van der Waals surface area contributed by atoms with Crippen LogP contribution in [0.15, 0.2) is 29.2 Å². The van der Waals surface area contributed by atoms with Crippen LogP contribution >= 0.6 is 11.3 Å². The highest BCUT2D eigenvalue weighted by Crippen LogP contribution is 2.34. The molecule has 23 heavy (non-hydrogen) atoms. The number of carbonyl (C=O) groups excluding carboxylic acids is 1. The maximum absolute atomic E-state index is 12.3. The van der Waals surface area contributed by atoms with Gasteiger partial charge in [-0.15, -0.1) is 11.3 Å². The average molecular weight is 327 g/mol. The maximum Gasteiger partial charge on any atom is 0.357 e. The Morgan fingerprint density at radius 1 is 1.35 bits per heavy atom. The Bertz CT molecular complexity index is 946. The summed E-state index contributed by atoms with van der Waals surface area (Å²) >= 11 is 1.56. The van der Waals surface area contributed by atoms with Crippen LogP contribution in [0.5, 0.6) is 0 Å². The molecule has 4 rings (SSSR count). The van der Waals surface area contributed by atoms with Crippen LogP contribution in [0.4, 0.5) is 0 Å². The van der Waals surface area contributed by atoms with Gasteiger partial charge in [-0.2, -0.15) is 0 Å². The summed E-state index contributed by atoms with van der Waals surface area (Å²) in [6, 6.07) is 5.01. The van der Waals surface area contributed by atoms with E-state index >= 15 is 0 Å². The molecule has 0 aliphatic heterocycles. The van der Waals surface area contributed by atoms with Gasteiger partial charge in [-0.05, 0) is 37.0 Å². The standard InChI is InChI=1S/C16H13N3O3S/c20-14-13-9-4-3-6-11(9)23-15(13)19-12(18-14)8-22-16(21)10-5-1-2-7-17-10/h1-2,5,7H,3-4,6,8H2,(H,18,19,20). The van der Waals surface area contributed by atoms with Crippen LogP contribution in [0.2, 0.25) is 0 Å². The number of esters is 1. The molecule has 0 aromatic carbocycles. The minimum absolute atomic E-state index is 0.0802. The first kappa shape index (κ1) is 14.1. The summed E-state index contributed by atoms with van der Waals surface area (Å²) in [5.41, 5.74) is 1.21. The molecular formula is C16H13N3O3S. The Labute approximate surface area is 135 Å². The Morgan fingerprint density at radius 2 is 2.26 bits per heavy atom. The molecule has 1 N–H and O–H groups in total. The first-order chi connectivity index (χ1) is 11.2. The molecular weight excluding hydrogens is 314 g/mol. The van der Waals surface area contributed by atoms with Gasteiger partial charge in [-0.1, -0.05) is 6.07 Å². The summed E-state index contributed by atoms with van der Waals surface area (Å²) in [7, 11) is 0. The highest BCUT2D eigenvalue weighted by molar-refractivity contribution is 7.18. The van der Waals surface area contributed by atoms with Crippen LogP contribution in [0.1, 0.15) is 33.2 Å². The van der Waals surface area contributed by atoms with Crippen LogP contribution in [-0.2, 0) is 24.2 Å². The van der Waals surface area contributed by atoms with Crippen molar-refractivity contribution in [2.24, 2.45) is 0 Å². The van der Waals surface area contributed by atoms with Crippen LogP contribution in [0.25, 0.3) is 10.2 Å². The Morgan fingerprint density at radius 3 is 3.09 bits per heavy atom. The Kier molecular flexibility index (Phi) is 3.42. The van der Waals surface area contributed by atoms with E-state index in [0.29, 0.717) is 11.2 Å². The fourth-order valence-electron chi connectivity index (χ4n) is 2.81. The number of hydrogen-bond acceptors (Lipinski definition) is 6. The molecule has 6 nitrogen and oxygen atoms in total. The van der Waals surface area contributed by atoms with Crippen molar-refractivity contribution in [3.05, 3.63) is 56.7 Å². The number of fused-ring (bicyclic) bond motifs is 3. The topological polar surface area (TPSA) is 84.9 Å². The van der Waals surface area contributed by atoms with Crippen LogP contribution in [0.3, 0.4) is 0 Å². The van der Waals surface area contributed by atoms with Crippen molar-refractivity contribution < 1.29 is 9.53 Å². The molecule has 3 aromatic rings. The van der Waals surface area contributed by atoms with E-state index in [1.807, 2.05) is 0 Å². The third-order valence-corrected chi connectivity index (χ3v) is 5.02. The molecule has 0 spiro atoms. The van der Waals surface area contributed by atoms with Crippen LogP contribution in [-0.4, -0.2) is 20.9 Å². The second kappa shape index (κ2) is 5.58. The van der Waals surface area contributed by atoms with E-state index in [4.69, 9.17) is 4.74 Å². The number of ether oxygens (including phenoxy) is 1. The molecule has 0 amide bonds. The normalized spacial score (nSPS) is 13.2. The molecule has 0 bridgehead atoms. The number of nitrogens with one attached hydrogen (secondary N) is 1. The molecule has 0 fully saturated rings. The average Bonchev–Trinajstić information content (AvgIpc) is 3.13. The van der Waals surface area contributed by atoms with E-state index in [0.717, 1.165) is 29.7 Å². The van der Waals surface area contributed by atoms with Gasteiger partial charge in [0.15, 0.2) is 0 Å². The van der Waals surface area contributed by atoms with E-state index in [-0.39, 0.29) is 17.9 Å². The van der Waals surface area contributed by atoms with E-state index < -0.39 is 5.97 Å². The number of aromatic nitrogens is 3. The summed E-state index contributed by atoms with van der Waals surface area (Å²) in [6.07, 6.45) is 4.57. The van der Waals surface area contributed by atoms with Crippen molar-refractivity contribution in [3.63, 3.8) is 0 Å². The van der Waals surface area contributed by atoms with Crippen LogP contribution < -0.4 is 5.56 Å². The molecule has 0 unspecified atom stereocenters. The molecule has 0 atom stereocenters. The van der Waals surface area contributed by atoms with E-state index in [1.54, 1.807) is 29.5 Å². The van der Waals surface area contributed by atoms with Gasteiger partial charge in [0.2, 0.25) is 0 Å². The largest absolute Gasteiger partial charge is 0.453 e. The minimum atomic E-state index is -0.540. The minimum Gasteiger partial charge on any atom is -0.453 e. The lowest BCUT2D eigenvalue weighted by molar-refractivity contribution is 0.0455. The SMILES string of the molecule is O=C(OCc1nc2sc3c(c2c(=O)[nH]1)CCC3)c1ccccn1. The quantitative estimate of drug-likeness (QED) is 0.746. The van der Waals surface area contributed by atoms with Gasteiger partial charge >= 0.3 is 5.97 Å². The molecule has 1 aliphatic rings. The highest BCUT2D eigenvalue weighted by atomic mass is 32.1. The second-order valence-electron chi connectivity index (χ2n) is 5.34. The van der Waals surface area contributed by atoms with E-state index in [1.165, 1.54) is 11.1 Å². The Hall–Kier alpha value is -2.54.